The fraction of sp³-hybridized carbons (Fsp3) is 0.214. The average molecular weight is 287 g/mol. The third-order valence-electron chi connectivity index (χ3n) is 2.13. The maximum Gasteiger partial charge on any atom is 0.228 e. The number of aliphatic hydroxyl groups is 1. The first-order chi connectivity index (χ1) is 8.24. The first-order valence-corrected chi connectivity index (χ1v) is 5.54. The van der Waals surface area contributed by atoms with Gasteiger partial charge in [0.05, 0.1) is 12.5 Å². The van der Waals surface area contributed by atoms with E-state index in [0.29, 0.717) is 5.92 Å². The number of carbonyl (C=O) groups excluding carboxylic acids is 1. The Labute approximate surface area is 122 Å². The van der Waals surface area contributed by atoms with Gasteiger partial charge in [-0.1, -0.05) is 0 Å². The molecule has 2 aliphatic rings. The van der Waals surface area contributed by atoms with Gasteiger partial charge in [-0.3, -0.25) is 4.79 Å². The van der Waals surface area contributed by atoms with Crippen LogP contribution in [0.2, 0.25) is 0 Å². The van der Waals surface area contributed by atoms with Crippen LogP contribution in [0.4, 0.5) is 0 Å². The Morgan fingerprint density at radius 1 is 1.11 bits per heavy atom. The van der Waals surface area contributed by atoms with Gasteiger partial charge in [0.1, 0.15) is 0 Å². The molecule has 0 spiro atoms. The molecule has 10 radical (unpaired) electrons. The normalized spacial score (nSPS) is 20.6. The van der Waals surface area contributed by atoms with Crippen molar-refractivity contribution < 1.29 is 27.0 Å². The second-order valence-corrected chi connectivity index (χ2v) is 3.69. The number of hydrogen-bond acceptors (Lipinski definition) is 2. The molecule has 0 aliphatic heterocycles. The van der Waals surface area contributed by atoms with Gasteiger partial charge in [0, 0.05) is 23.1 Å². The van der Waals surface area contributed by atoms with Crippen LogP contribution in [0.3, 0.4) is 0 Å². The first-order valence-electron chi connectivity index (χ1n) is 5.54. The molecule has 0 aromatic heterocycles. The largest absolute Gasteiger partial charge is 0.394 e. The second-order valence-electron chi connectivity index (χ2n) is 3.69. The Bertz CT molecular complexity index is 206. The number of carbonyl (C=O) groups is 1. The van der Waals surface area contributed by atoms with Gasteiger partial charge in [-0.05, 0) is 64.7 Å². The van der Waals surface area contributed by atoms with Crippen LogP contribution in [0.5, 0.6) is 0 Å². The minimum Gasteiger partial charge on any atom is -0.394 e. The molecule has 3 nitrogen and oxygen atoms in total. The molecule has 0 bridgehead atoms. The van der Waals surface area contributed by atoms with E-state index >= 15 is 0 Å². The quantitative estimate of drug-likeness (QED) is 0.758. The van der Waals surface area contributed by atoms with Gasteiger partial charge in [-0.15, -0.1) is 0 Å². The van der Waals surface area contributed by atoms with Gasteiger partial charge in [-0.25, -0.2) is 0 Å². The van der Waals surface area contributed by atoms with Gasteiger partial charge in [0.2, 0.25) is 5.91 Å². The van der Waals surface area contributed by atoms with E-state index in [1.54, 1.807) is 32.6 Å². The molecule has 2 saturated carbocycles. The van der Waals surface area contributed by atoms with E-state index in [-0.39, 0.29) is 35.6 Å². The molecule has 2 rings (SSSR count). The maximum atomic E-state index is 11.3. The minimum absolute atomic E-state index is 0. The number of nitrogens with one attached hydrogen (secondary N) is 1. The van der Waals surface area contributed by atoms with Crippen LogP contribution in [-0.2, 0) is 21.9 Å². The molecule has 4 heteroatoms. The molecular weight excluding hydrogens is 270 g/mol. The number of amides is 1. The molecule has 18 heavy (non-hydrogen) atoms. The smallest absolute Gasteiger partial charge is 0.228 e. The van der Waals surface area contributed by atoms with E-state index in [9.17, 15) is 4.79 Å². The van der Waals surface area contributed by atoms with Crippen molar-refractivity contribution in [1.29, 1.82) is 0 Å². The second kappa shape index (κ2) is 10.8. The fourth-order valence-electron chi connectivity index (χ4n) is 1.20. The Hall–Kier alpha value is -0.0505. The molecular formula is C14H17FeNO2. The summed E-state index contributed by atoms with van der Waals surface area (Å²) in [4.78, 5) is 11.3. The summed E-state index contributed by atoms with van der Waals surface area (Å²) in [5, 5.41) is 11.3. The van der Waals surface area contributed by atoms with E-state index in [0.717, 1.165) is 0 Å². The first kappa shape index (κ1) is 17.9. The molecule has 0 aromatic rings. The van der Waals surface area contributed by atoms with Gasteiger partial charge in [-0.2, -0.15) is 0 Å². The predicted octanol–water partition coefficient (Wildman–Crippen LogP) is 0.908. The summed E-state index contributed by atoms with van der Waals surface area (Å²) < 4.78 is 0. The molecule has 0 heterocycles. The Kier molecular flexibility index (Phi) is 10.8. The molecule has 0 aromatic carbocycles. The van der Waals surface area contributed by atoms with E-state index in [2.05, 4.69) is 5.32 Å². The van der Waals surface area contributed by atoms with E-state index < -0.39 is 0 Å². The topological polar surface area (TPSA) is 49.3 Å². The van der Waals surface area contributed by atoms with Gasteiger partial charge >= 0.3 is 0 Å². The molecule has 2 aliphatic carbocycles. The van der Waals surface area contributed by atoms with Crippen LogP contribution in [0.1, 0.15) is 6.92 Å². The Balaban J connectivity index is 0.000000405. The monoisotopic (exact) mass is 287 g/mol. The summed E-state index contributed by atoms with van der Waals surface area (Å²) in [6.45, 7) is 1.72. The zero-order valence-corrected chi connectivity index (χ0v) is 11.3. The molecule has 0 unspecified atom stereocenters. The number of aliphatic hydroxyl groups excluding tert-OH is 1. The SMILES string of the molecule is C[C@@H](CO)NC(=O)[C]1[CH][CH][CH][CH]1.[CH]1[CH][CH][CH][CH]1.[Fe]. The summed E-state index contributed by atoms with van der Waals surface area (Å²) in [6.07, 6.45) is 17.1. The van der Waals surface area contributed by atoms with Crippen LogP contribution in [0, 0.1) is 63.7 Å². The van der Waals surface area contributed by atoms with Crippen molar-refractivity contribution in [3.63, 3.8) is 0 Å². The number of hydrogen-bond donors (Lipinski definition) is 2. The zero-order chi connectivity index (χ0) is 12.5. The van der Waals surface area contributed by atoms with Gasteiger partial charge in [0.25, 0.3) is 0 Å². The molecule has 1 atom stereocenters. The summed E-state index contributed by atoms with van der Waals surface area (Å²) in [5.41, 5.74) is 0. The number of rotatable bonds is 3. The van der Waals surface area contributed by atoms with Gasteiger partial charge in [0.15, 0.2) is 0 Å². The minimum atomic E-state index is -0.188. The third-order valence-corrected chi connectivity index (χ3v) is 2.13. The van der Waals surface area contributed by atoms with Crippen LogP contribution in [0.25, 0.3) is 0 Å². The van der Waals surface area contributed by atoms with Crippen molar-refractivity contribution in [1.82, 2.24) is 5.32 Å². The van der Waals surface area contributed by atoms with Crippen LogP contribution < -0.4 is 5.32 Å². The summed E-state index contributed by atoms with van der Waals surface area (Å²) >= 11 is 0. The van der Waals surface area contributed by atoms with Crippen molar-refractivity contribution in [2.75, 3.05) is 6.61 Å². The van der Waals surface area contributed by atoms with E-state index in [4.69, 9.17) is 5.11 Å². The summed E-state index contributed by atoms with van der Waals surface area (Å²) in [7, 11) is 0. The zero-order valence-electron chi connectivity index (χ0n) is 10.2. The molecule has 1 amide bonds. The van der Waals surface area contributed by atoms with Gasteiger partial charge < -0.3 is 10.4 Å². The van der Waals surface area contributed by atoms with Crippen molar-refractivity contribution in [2.45, 2.75) is 13.0 Å². The third kappa shape index (κ3) is 7.40. The van der Waals surface area contributed by atoms with Crippen molar-refractivity contribution in [3.05, 3.63) is 63.7 Å². The molecule has 2 fully saturated rings. The van der Waals surface area contributed by atoms with Crippen LogP contribution in [-0.4, -0.2) is 23.7 Å². The molecule has 2 N–H and O–H groups in total. The Morgan fingerprint density at radius 3 is 1.94 bits per heavy atom. The van der Waals surface area contributed by atoms with Crippen molar-refractivity contribution in [2.24, 2.45) is 0 Å². The standard InChI is InChI=1S/C9H12NO2.C5H5.Fe/c1-7(6-11)10-9(12)8-4-2-3-5-8;1-2-4-5-3-1;/h2-5,7,11H,6H2,1H3,(H,10,12);1-5H;/t7-;;/m0../s1. The van der Waals surface area contributed by atoms with E-state index in [1.165, 1.54) is 0 Å². The molecule has 98 valence electrons. The fourth-order valence-corrected chi connectivity index (χ4v) is 1.20. The van der Waals surface area contributed by atoms with E-state index in [1.807, 2.05) is 32.1 Å². The maximum absolute atomic E-state index is 11.3. The van der Waals surface area contributed by atoms with Crippen molar-refractivity contribution >= 4 is 5.91 Å². The predicted molar refractivity (Wildman–Crippen MR) is 66.6 cm³/mol. The average Bonchev–Trinajstić information content (AvgIpc) is 3.04. The van der Waals surface area contributed by atoms with Crippen LogP contribution >= 0.6 is 0 Å². The summed E-state index contributed by atoms with van der Waals surface area (Å²) in [6, 6.07) is -0.188. The molecule has 0 saturated heterocycles. The Morgan fingerprint density at radius 2 is 1.56 bits per heavy atom. The summed E-state index contributed by atoms with van der Waals surface area (Å²) in [5.74, 6) is 0.497. The van der Waals surface area contributed by atoms with Crippen molar-refractivity contribution in [3.8, 4) is 0 Å². The van der Waals surface area contributed by atoms with Crippen LogP contribution in [0.15, 0.2) is 0 Å².